The number of aromatic amines is 1. The number of H-pyrrole nitrogens is 1. The second-order valence-electron chi connectivity index (χ2n) is 7.24. The Labute approximate surface area is 154 Å². The van der Waals surface area contributed by atoms with Gasteiger partial charge in [0.25, 0.3) is 0 Å². The lowest BCUT2D eigenvalue weighted by molar-refractivity contribution is 0.0682. The van der Waals surface area contributed by atoms with E-state index in [0.717, 1.165) is 29.6 Å². The number of fused-ring (bicyclic) bond motifs is 1. The molecule has 0 radical (unpaired) electrons. The highest BCUT2D eigenvalue weighted by Gasteiger charge is 2.44. The lowest BCUT2D eigenvalue weighted by Crippen LogP contribution is -2.45. The van der Waals surface area contributed by atoms with Crippen molar-refractivity contribution in [1.82, 2.24) is 39.8 Å². The molecular weight excluding hydrogens is 342 g/mol. The highest BCUT2D eigenvalue weighted by atomic mass is 15.3. The van der Waals surface area contributed by atoms with E-state index in [2.05, 4.69) is 38.6 Å². The molecule has 0 unspecified atom stereocenters. The van der Waals surface area contributed by atoms with Crippen LogP contribution in [0.1, 0.15) is 26.2 Å². The molecule has 1 fully saturated rings. The average molecular weight is 359 g/mol. The van der Waals surface area contributed by atoms with Crippen LogP contribution < -0.4 is 0 Å². The van der Waals surface area contributed by atoms with Crippen molar-refractivity contribution < 1.29 is 0 Å². The molecule has 1 saturated carbocycles. The summed E-state index contributed by atoms with van der Waals surface area (Å²) in [6.45, 7) is 2.21. The molecule has 4 heterocycles. The largest absolute Gasteiger partial charge is 0.265 e. The first kappa shape index (κ1) is 15.7. The first-order valence-corrected chi connectivity index (χ1v) is 8.81. The van der Waals surface area contributed by atoms with Crippen LogP contribution in [0.4, 0.5) is 0 Å². The molecule has 0 saturated heterocycles. The summed E-state index contributed by atoms with van der Waals surface area (Å²) in [4.78, 5) is 4.78. The van der Waals surface area contributed by atoms with Crippen LogP contribution in [0.3, 0.4) is 0 Å². The minimum atomic E-state index is -0.202. The maximum Gasteiger partial charge on any atom is 0.132 e. The molecule has 0 aromatic carbocycles. The van der Waals surface area contributed by atoms with Gasteiger partial charge in [0.15, 0.2) is 0 Å². The second kappa shape index (κ2) is 5.74. The van der Waals surface area contributed by atoms with Crippen LogP contribution in [0.15, 0.2) is 37.1 Å². The van der Waals surface area contributed by atoms with Gasteiger partial charge in [0, 0.05) is 11.8 Å². The molecule has 0 spiro atoms. The Hall–Kier alpha value is -3.54. The van der Waals surface area contributed by atoms with E-state index in [1.54, 1.807) is 16.9 Å². The molecule has 4 aromatic rings. The van der Waals surface area contributed by atoms with Crippen LogP contribution in [-0.4, -0.2) is 39.8 Å². The summed E-state index contributed by atoms with van der Waals surface area (Å²) in [5.41, 5.74) is 3.67. The van der Waals surface area contributed by atoms with Gasteiger partial charge in [0.1, 0.15) is 11.4 Å². The van der Waals surface area contributed by atoms with Crippen LogP contribution in [0.25, 0.3) is 28.2 Å². The first-order valence-electron chi connectivity index (χ1n) is 8.81. The molecule has 0 amide bonds. The Bertz CT molecular complexity index is 1140. The molecule has 1 aliphatic carbocycles. The fourth-order valence-electron chi connectivity index (χ4n) is 4.09. The molecular formula is C18H17N9. The molecule has 5 rings (SSSR count). The van der Waals surface area contributed by atoms with Crippen molar-refractivity contribution >= 4 is 5.52 Å². The number of nitrogens with one attached hydrogen (secondary N) is 1. The summed E-state index contributed by atoms with van der Waals surface area (Å²) in [6, 6.07) is 4.24. The van der Waals surface area contributed by atoms with Crippen molar-refractivity contribution in [3.8, 4) is 28.7 Å². The fourth-order valence-corrected chi connectivity index (χ4v) is 4.09. The smallest absolute Gasteiger partial charge is 0.132 e. The predicted octanol–water partition coefficient (Wildman–Crippen LogP) is 2.42. The van der Waals surface area contributed by atoms with E-state index in [9.17, 15) is 5.26 Å². The number of aromatic nitrogens is 8. The number of nitriles is 1. The maximum atomic E-state index is 9.26. The van der Waals surface area contributed by atoms with E-state index < -0.39 is 0 Å². The summed E-state index contributed by atoms with van der Waals surface area (Å²) in [5, 5.41) is 28.8. The van der Waals surface area contributed by atoms with Crippen molar-refractivity contribution in [3.63, 3.8) is 0 Å². The zero-order valence-electron chi connectivity index (χ0n) is 14.7. The Morgan fingerprint density at radius 1 is 1.26 bits per heavy atom. The maximum absolute atomic E-state index is 9.26. The van der Waals surface area contributed by atoms with E-state index in [0.29, 0.717) is 23.7 Å². The second-order valence-corrected chi connectivity index (χ2v) is 7.24. The third-order valence-electron chi connectivity index (χ3n) is 5.27. The Morgan fingerprint density at radius 2 is 2.15 bits per heavy atom. The predicted molar refractivity (Wildman–Crippen MR) is 96.2 cm³/mol. The zero-order valence-corrected chi connectivity index (χ0v) is 14.7. The summed E-state index contributed by atoms with van der Waals surface area (Å²) in [5.74, 6) is 0.612. The van der Waals surface area contributed by atoms with Crippen molar-refractivity contribution in [2.75, 3.05) is 0 Å². The monoisotopic (exact) mass is 359 g/mol. The van der Waals surface area contributed by atoms with Gasteiger partial charge < -0.3 is 0 Å². The summed E-state index contributed by atoms with van der Waals surface area (Å²) in [6.07, 6.45) is 11.4. The van der Waals surface area contributed by atoms with Crippen molar-refractivity contribution in [2.45, 2.75) is 31.7 Å². The zero-order chi connectivity index (χ0) is 18.4. The third-order valence-corrected chi connectivity index (χ3v) is 5.27. The lowest BCUT2D eigenvalue weighted by atomic mass is 9.67. The number of hydrogen-bond donors (Lipinski definition) is 1. The number of rotatable bonds is 4. The molecule has 0 bridgehead atoms. The van der Waals surface area contributed by atoms with Gasteiger partial charge in [-0.3, -0.25) is 4.68 Å². The van der Waals surface area contributed by atoms with E-state index in [1.165, 1.54) is 0 Å². The standard InChI is InChI=1S/C18H17N9/c1-12-6-18(7-12,3-4-19)27-10-13(8-22-27)17-16-2-5-21-26(16)11-15(23-17)14-9-20-25-24-14/h2,5,8-12H,3,6-7H2,1H3,(H,20,24,25). The molecule has 1 aliphatic rings. The van der Waals surface area contributed by atoms with Gasteiger partial charge in [0.05, 0.1) is 54.0 Å². The summed E-state index contributed by atoms with van der Waals surface area (Å²) in [7, 11) is 0. The van der Waals surface area contributed by atoms with Crippen LogP contribution >= 0.6 is 0 Å². The molecule has 9 heteroatoms. The van der Waals surface area contributed by atoms with Gasteiger partial charge in [-0.2, -0.15) is 30.9 Å². The first-order chi connectivity index (χ1) is 13.2. The Morgan fingerprint density at radius 3 is 2.89 bits per heavy atom. The molecule has 9 nitrogen and oxygen atoms in total. The van der Waals surface area contributed by atoms with Gasteiger partial charge in [-0.15, -0.1) is 0 Å². The Balaban J connectivity index is 1.61. The highest BCUT2D eigenvalue weighted by Crippen LogP contribution is 2.46. The summed E-state index contributed by atoms with van der Waals surface area (Å²) >= 11 is 0. The average Bonchev–Trinajstić information content (AvgIpc) is 3.40. The van der Waals surface area contributed by atoms with E-state index in [-0.39, 0.29) is 5.54 Å². The van der Waals surface area contributed by atoms with E-state index >= 15 is 0 Å². The van der Waals surface area contributed by atoms with Gasteiger partial charge in [0.2, 0.25) is 0 Å². The van der Waals surface area contributed by atoms with Gasteiger partial charge >= 0.3 is 0 Å². The van der Waals surface area contributed by atoms with Crippen LogP contribution in [-0.2, 0) is 5.54 Å². The van der Waals surface area contributed by atoms with Gasteiger partial charge in [-0.25, -0.2) is 9.50 Å². The Kier molecular flexibility index (Phi) is 3.33. The van der Waals surface area contributed by atoms with Crippen LogP contribution in [0, 0.1) is 17.2 Å². The molecule has 1 N–H and O–H groups in total. The third kappa shape index (κ3) is 2.41. The van der Waals surface area contributed by atoms with Gasteiger partial charge in [-0.05, 0) is 24.8 Å². The van der Waals surface area contributed by atoms with Crippen LogP contribution in [0.2, 0.25) is 0 Å². The molecule has 27 heavy (non-hydrogen) atoms. The molecule has 4 aromatic heterocycles. The minimum Gasteiger partial charge on any atom is -0.265 e. The van der Waals surface area contributed by atoms with Gasteiger partial charge in [-0.1, -0.05) is 6.92 Å². The summed E-state index contributed by atoms with van der Waals surface area (Å²) < 4.78 is 3.73. The quantitative estimate of drug-likeness (QED) is 0.598. The molecule has 0 atom stereocenters. The van der Waals surface area contributed by atoms with Crippen LogP contribution in [0.5, 0.6) is 0 Å². The molecule has 0 aliphatic heterocycles. The van der Waals surface area contributed by atoms with Crippen molar-refractivity contribution in [3.05, 3.63) is 37.1 Å². The SMILES string of the molecule is CC1CC(CC#N)(n2cc(-c3nc(-c4cn[nH]n4)cn4nccc34)cn2)C1. The normalized spacial score (nSPS) is 21.9. The van der Waals surface area contributed by atoms with E-state index in [1.807, 2.05) is 29.3 Å². The minimum absolute atomic E-state index is 0.202. The number of nitrogens with zero attached hydrogens (tertiary/aromatic N) is 8. The topological polar surface area (TPSA) is 113 Å². The lowest BCUT2D eigenvalue weighted by Gasteiger charge is -2.45. The fraction of sp³-hybridized carbons (Fsp3) is 0.333. The highest BCUT2D eigenvalue weighted by molar-refractivity contribution is 5.77. The molecule has 134 valence electrons. The van der Waals surface area contributed by atoms with E-state index in [4.69, 9.17) is 4.98 Å². The van der Waals surface area contributed by atoms with Crippen molar-refractivity contribution in [2.24, 2.45) is 5.92 Å². The number of hydrogen-bond acceptors (Lipinski definition) is 6. The van der Waals surface area contributed by atoms with Crippen molar-refractivity contribution in [1.29, 1.82) is 5.26 Å².